The number of primary amides is 2. The topological polar surface area (TPSA) is 250 Å². The van der Waals surface area contributed by atoms with Gasteiger partial charge >= 0.3 is 0 Å². The Morgan fingerprint density at radius 2 is 1.22 bits per heavy atom. The molecule has 5 aromatic heterocycles. The van der Waals surface area contributed by atoms with Crippen LogP contribution < -0.4 is 26.8 Å². The molecule has 0 atom stereocenters. The van der Waals surface area contributed by atoms with Gasteiger partial charge in [-0.1, -0.05) is 12.2 Å². The van der Waals surface area contributed by atoms with Crippen molar-refractivity contribution in [2.75, 3.05) is 23.8 Å². The number of aromatic nitrogens is 9. The van der Waals surface area contributed by atoms with Crippen LogP contribution in [0.25, 0.3) is 22.2 Å². The molecule has 6 N–H and O–H groups in total. The summed E-state index contributed by atoms with van der Waals surface area (Å²) in [5.41, 5.74) is 14.5. The third kappa shape index (κ3) is 9.26. The number of carbonyl (C=O) groups is 4. The minimum atomic E-state index is -2.31. The molecule has 0 spiro atoms. The molecule has 1 aromatic carbocycles. The highest BCUT2D eigenvalue weighted by Crippen LogP contribution is 2.40. The average molecular weight is 899 g/mol. The van der Waals surface area contributed by atoms with Crippen molar-refractivity contribution in [3.8, 4) is 5.75 Å². The summed E-state index contributed by atoms with van der Waals surface area (Å²) in [6.45, 7) is 7.99. The Balaban J connectivity index is 1.24. The molecular formula is C40H40B8N14O6. The highest BCUT2D eigenvalue weighted by atomic mass is 16.5. The average Bonchev–Trinajstić information content (AvgIpc) is 4.02. The van der Waals surface area contributed by atoms with Gasteiger partial charge in [-0.3, -0.25) is 43.7 Å². The Morgan fingerprint density at radius 3 is 1.75 bits per heavy atom. The minimum Gasteiger partial charge on any atom is -0.491 e. The number of ether oxygens (including phenoxy) is 2. The number of fused-ring (bicyclic) bond motifs is 2. The van der Waals surface area contributed by atoms with E-state index in [1.165, 1.54) is 24.4 Å². The van der Waals surface area contributed by atoms with Crippen molar-refractivity contribution in [1.29, 1.82) is 0 Å². The van der Waals surface area contributed by atoms with Crippen molar-refractivity contribution in [2.24, 2.45) is 11.5 Å². The standard InChI is InChI=1S/C40H40B8N14O6/c1-5-60-26(14-20(3)56-60)33(65)54-35-52-24-16-22(30(49)63)18-28(67-13-9-12-62-37(41,42)39(45,46)68-40(47,48)38(62,43)44)29(24)58(35)10-7-8-11-59-32-25(17-23(19-51-32)31(50)64)53-36(59)55-34(66)27-15-21(4)57-61(27)6-2/h7-8,14-19H,5-6,9-13H2,1-4H3,(H2,49,63)(H2,50,64)(H,52,54,65)(H,53,55,66)/b8-7+. The molecule has 1 aliphatic heterocycles. The molecule has 0 bridgehead atoms. The number of anilines is 2. The maximum atomic E-state index is 13.9. The fourth-order valence-electron chi connectivity index (χ4n) is 7.74. The molecule has 7 rings (SSSR count). The lowest BCUT2D eigenvalue weighted by Gasteiger charge is -2.70. The Kier molecular flexibility index (Phi) is 13.5. The number of nitrogens with two attached hydrogens (primary N) is 2. The fourth-order valence-corrected chi connectivity index (χ4v) is 7.74. The van der Waals surface area contributed by atoms with Gasteiger partial charge in [0.25, 0.3) is 11.8 Å². The number of allylic oxidation sites excluding steroid dienone is 2. The number of hydrogen-bond acceptors (Lipinski definition) is 12. The van der Waals surface area contributed by atoms with Gasteiger partial charge in [-0.25, -0.2) is 15.0 Å². The van der Waals surface area contributed by atoms with Gasteiger partial charge < -0.3 is 30.4 Å². The SMILES string of the molecule is [B]C1([B])OC([B])([B])C([B])([B])N(CCCOc2cc(C(N)=O)cc3nc(NC(=O)c4cc(C)nn4CC)n(C/C=C/Cn4c(NC(=O)c5cc(C)nn5CC)nc5cc(C(N)=O)cnc54)c23)C1([B])[B]. The Morgan fingerprint density at radius 1 is 0.721 bits per heavy atom. The number of morpholine rings is 1. The van der Waals surface area contributed by atoms with Crippen LogP contribution in [0.3, 0.4) is 0 Å². The maximum Gasteiger partial charge on any atom is 0.276 e. The molecule has 0 aliphatic carbocycles. The highest BCUT2D eigenvalue weighted by Gasteiger charge is 2.56. The van der Waals surface area contributed by atoms with Crippen molar-refractivity contribution >= 4 is 120 Å². The van der Waals surface area contributed by atoms with Crippen LogP contribution in [0.1, 0.15) is 73.3 Å². The van der Waals surface area contributed by atoms with E-state index in [4.69, 9.17) is 88.7 Å². The predicted molar refractivity (Wildman–Crippen MR) is 259 cm³/mol. The summed E-state index contributed by atoms with van der Waals surface area (Å²) >= 11 is 0. The van der Waals surface area contributed by atoms with Crippen LogP contribution in [0.2, 0.25) is 0 Å². The van der Waals surface area contributed by atoms with Gasteiger partial charge in [0, 0.05) is 37.9 Å². The molecule has 20 nitrogen and oxygen atoms in total. The van der Waals surface area contributed by atoms with Gasteiger partial charge in [0.2, 0.25) is 23.7 Å². The first kappa shape index (κ1) is 49.5. The number of hydrogen-bond donors (Lipinski definition) is 4. The van der Waals surface area contributed by atoms with Crippen molar-refractivity contribution in [1.82, 2.24) is 48.5 Å². The zero-order valence-corrected chi connectivity index (χ0v) is 37.8. The van der Waals surface area contributed by atoms with Crippen LogP contribution in [0, 0.1) is 13.8 Å². The number of nitrogens with one attached hydrogen (secondary N) is 2. The molecule has 1 saturated heterocycles. The monoisotopic (exact) mass is 900 g/mol. The van der Waals surface area contributed by atoms with Crippen molar-refractivity contribution in [3.63, 3.8) is 0 Å². The molecule has 6 aromatic rings. The quantitative estimate of drug-likeness (QED) is 0.0482. The van der Waals surface area contributed by atoms with Crippen molar-refractivity contribution < 1.29 is 28.7 Å². The van der Waals surface area contributed by atoms with Crippen molar-refractivity contribution in [2.45, 2.75) is 81.8 Å². The van der Waals surface area contributed by atoms with E-state index in [1.807, 2.05) is 13.8 Å². The van der Waals surface area contributed by atoms with Gasteiger partial charge in [-0.2, -0.15) is 10.2 Å². The summed E-state index contributed by atoms with van der Waals surface area (Å²) in [7, 11) is 49.4. The maximum absolute atomic E-state index is 13.9. The van der Waals surface area contributed by atoms with E-state index in [1.54, 1.807) is 56.6 Å². The van der Waals surface area contributed by atoms with Crippen molar-refractivity contribution in [3.05, 3.63) is 82.6 Å². The Hall–Kier alpha value is -6.41. The summed E-state index contributed by atoms with van der Waals surface area (Å²) in [6.07, 6.45) is 4.92. The van der Waals surface area contributed by atoms with E-state index in [0.29, 0.717) is 46.9 Å². The van der Waals surface area contributed by atoms with E-state index >= 15 is 0 Å². The van der Waals surface area contributed by atoms with Crippen LogP contribution in [0.15, 0.2) is 48.7 Å². The van der Waals surface area contributed by atoms with Crippen LogP contribution in [-0.4, -0.2) is 170 Å². The van der Waals surface area contributed by atoms with Gasteiger partial charge in [-0.15, -0.1) is 0 Å². The molecular weight excluding hydrogens is 859 g/mol. The molecule has 28 heteroatoms. The highest BCUT2D eigenvalue weighted by molar-refractivity contribution is 6.59. The fraction of sp³-hybridized carbons (Fsp3) is 0.375. The lowest BCUT2D eigenvalue weighted by Crippen LogP contribution is -2.85. The second-order valence-corrected chi connectivity index (χ2v) is 16.3. The lowest BCUT2D eigenvalue weighted by atomic mass is 9.30. The lowest BCUT2D eigenvalue weighted by molar-refractivity contribution is -0.112. The molecule has 4 amide bonds. The van der Waals surface area contributed by atoms with E-state index in [0.717, 1.165) is 4.90 Å². The summed E-state index contributed by atoms with van der Waals surface area (Å²) in [5, 5.41) is 5.52. The number of benzene rings is 1. The van der Waals surface area contributed by atoms with Crippen LogP contribution in [-0.2, 0) is 30.9 Å². The smallest absolute Gasteiger partial charge is 0.276 e. The third-order valence-electron chi connectivity index (χ3n) is 11.3. The van der Waals surface area contributed by atoms with E-state index in [9.17, 15) is 19.2 Å². The predicted octanol–water partition coefficient (Wildman–Crippen LogP) is -1.15. The Bertz CT molecular complexity index is 2970. The van der Waals surface area contributed by atoms with Crippen LogP contribution >= 0.6 is 0 Å². The molecule has 6 heterocycles. The Labute approximate surface area is 401 Å². The summed E-state index contributed by atoms with van der Waals surface area (Å²) < 4.78 is 18.0. The second kappa shape index (κ2) is 18.6. The van der Waals surface area contributed by atoms with Crippen LogP contribution in [0.4, 0.5) is 11.9 Å². The first-order valence-corrected chi connectivity index (χ1v) is 21.2. The summed E-state index contributed by atoms with van der Waals surface area (Å²) in [6, 6.07) is 7.64. The first-order chi connectivity index (χ1) is 31.9. The normalized spacial score (nSPS) is 16.3. The summed E-state index contributed by atoms with van der Waals surface area (Å²) in [5.74, 6) is -2.17. The summed E-state index contributed by atoms with van der Waals surface area (Å²) in [4.78, 5) is 67.0. The van der Waals surface area contributed by atoms with Gasteiger partial charge in [0.05, 0.1) is 91.8 Å². The molecule has 1 fully saturated rings. The minimum absolute atomic E-state index is 0.0384. The molecule has 330 valence electrons. The number of aryl methyl sites for hydroxylation is 4. The van der Waals surface area contributed by atoms with Gasteiger partial charge in [0.15, 0.2) is 5.65 Å². The van der Waals surface area contributed by atoms with E-state index < -0.39 is 45.1 Å². The molecule has 68 heavy (non-hydrogen) atoms. The van der Waals surface area contributed by atoms with E-state index in [2.05, 4.69) is 30.8 Å². The number of amides is 4. The second-order valence-electron chi connectivity index (χ2n) is 16.3. The van der Waals surface area contributed by atoms with E-state index in [-0.39, 0.29) is 72.6 Å². The zero-order valence-electron chi connectivity index (χ0n) is 37.8. The number of carbonyl (C=O) groups excluding carboxylic acids is 4. The largest absolute Gasteiger partial charge is 0.491 e. The zero-order chi connectivity index (χ0) is 49.7. The molecule has 0 saturated carbocycles. The number of imidazole rings is 2. The molecule has 1 aliphatic rings. The molecule has 0 unspecified atom stereocenters. The number of nitrogens with zero attached hydrogens (tertiary/aromatic N) is 10. The first-order valence-electron chi connectivity index (χ1n) is 21.2. The van der Waals surface area contributed by atoms with Gasteiger partial charge in [-0.05, 0) is 92.5 Å². The number of rotatable bonds is 17. The third-order valence-corrected chi connectivity index (χ3v) is 11.3. The number of pyridine rings is 1. The van der Waals surface area contributed by atoms with Gasteiger partial charge in [0.1, 0.15) is 28.2 Å². The molecule has 16 radical (unpaired) electrons. The van der Waals surface area contributed by atoms with Crippen LogP contribution in [0.5, 0.6) is 5.75 Å².